The summed E-state index contributed by atoms with van der Waals surface area (Å²) in [5, 5.41) is 0.0350. The highest BCUT2D eigenvalue weighted by molar-refractivity contribution is 7.98. The van der Waals surface area contributed by atoms with Gasteiger partial charge in [-0.05, 0) is 32.4 Å². The fourth-order valence-corrected chi connectivity index (χ4v) is 7.02. The number of aromatic nitrogens is 1. The van der Waals surface area contributed by atoms with Crippen LogP contribution in [0.4, 0.5) is 0 Å². The Hall–Kier alpha value is -1.03. The van der Waals surface area contributed by atoms with Crippen LogP contribution in [-0.4, -0.2) is 72.3 Å². The second-order valence-corrected chi connectivity index (χ2v) is 10.8. The van der Waals surface area contributed by atoms with E-state index in [4.69, 9.17) is 23.3 Å². The third-order valence-corrected chi connectivity index (χ3v) is 8.97. The third kappa shape index (κ3) is 7.42. The Bertz CT molecular complexity index is 728. The quantitative estimate of drug-likeness (QED) is 0.394. The number of ether oxygens (including phenoxy) is 2. The highest BCUT2D eigenvalue weighted by Gasteiger charge is 2.31. The van der Waals surface area contributed by atoms with Gasteiger partial charge in [-0.15, -0.1) is 0 Å². The van der Waals surface area contributed by atoms with Crippen molar-refractivity contribution in [2.45, 2.75) is 25.3 Å². The van der Waals surface area contributed by atoms with Gasteiger partial charge in [0.1, 0.15) is 26.0 Å². The predicted octanol–water partition coefficient (Wildman–Crippen LogP) is 2.81. The number of rotatable bonds is 12. The molecule has 2 heterocycles. The molecule has 1 atom stereocenters. The van der Waals surface area contributed by atoms with Gasteiger partial charge in [-0.2, -0.15) is 0 Å². The maximum absolute atomic E-state index is 12.7. The summed E-state index contributed by atoms with van der Waals surface area (Å²) < 4.78 is 54.6. The van der Waals surface area contributed by atoms with E-state index in [1.807, 2.05) is 0 Å². The Kier molecular flexibility index (Phi) is 9.33. The van der Waals surface area contributed by atoms with Crippen LogP contribution in [0.2, 0.25) is 0 Å². The number of nitrogens with one attached hydrogen (secondary N) is 1. The van der Waals surface area contributed by atoms with Crippen LogP contribution in [0.5, 0.6) is 5.75 Å². The molecule has 1 saturated heterocycles. The zero-order valence-corrected chi connectivity index (χ0v) is 18.2. The molecular weight excluding hydrogens is 405 g/mol. The molecule has 28 heavy (non-hydrogen) atoms. The van der Waals surface area contributed by atoms with Gasteiger partial charge in [0, 0.05) is 19.6 Å². The first-order valence-electron chi connectivity index (χ1n) is 9.42. The Morgan fingerprint density at radius 1 is 1.25 bits per heavy atom. The SMILES string of the molecule is CCOP(=O)(CS(=N)(=O)c1ccc(OCCCN2CCOCC2)cn1)OCC. The first kappa shape index (κ1) is 23.3. The summed E-state index contributed by atoms with van der Waals surface area (Å²) in [6.45, 7) is 8.56. The number of morpholine rings is 1. The lowest BCUT2D eigenvalue weighted by Gasteiger charge is -2.26. The number of pyridine rings is 1. The zero-order chi connectivity index (χ0) is 20.5. The molecule has 1 N–H and O–H groups in total. The van der Waals surface area contributed by atoms with Crippen molar-refractivity contribution < 1.29 is 27.3 Å². The number of hydrogen-bond acceptors (Lipinski definition) is 9. The van der Waals surface area contributed by atoms with Gasteiger partial charge in [0.2, 0.25) is 0 Å². The van der Waals surface area contributed by atoms with Gasteiger partial charge in [0.05, 0.1) is 39.2 Å². The average molecular weight is 435 g/mol. The van der Waals surface area contributed by atoms with Crippen LogP contribution in [0.15, 0.2) is 23.4 Å². The smallest absolute Gasteiger partial charge is 0.344 e. The average Bonchev–Trinajstić information content (AvgIpc) is 2.66. The van der Waals surface area contributed by atoms with Gasteiger partial charge in [-0.25, -0.2) is 14.0 Å². The van der Waals surface area contributed by atoms with E-state index >= 15 is 0 Å². The van der Waals surface area contributed by atoms with Crippen molar-refractivity contribution in [3.05, 3.63) is 18.3 Å². The minimum atomic E-state index is -3.60. The van der Waals surface area contributed by atoms with Crippen molar-refractivity contribution >= 4 is 17.3 Å². The van der Waals surface area contributed by atoms with Gasteiger partial charge < -0.3 is 18.5 Å². The topological polar surface area (TPSA) is 111 Å². The van der Waals surface area contributed by atoms with E-state index in [9.17, 15) is 8.77 Å². The maximum atomic E-state index is 12.7. The van der Waals surface area contributed by atoms with E-state index in [2.05, 4.69) is 9.88 Å². The van der Waals surface area contributed by atoms with Crippen molar-refractivity contribution in [3.63, 3.8) is 0 Å². The lowest BCUT2D eigenvalue weighted by Crippen LogP contribution is -2.37. The summed E-state index contributed by atoms with van der Waals surface area (Å²) in [7, 11) is -7.02. The van der Waals surface area contributed by atoms with Crippen molar-refractivity contribution in [1.29, 1.82) is 4.78 Å². The van der Waals surface area contributed by atoms with Crippen LogP contribution < -0.4 is 4.74 Å². The molecule has 9 nitrogen and oxygen atoms in total. The molecule has 0 bridgehead atoms. The lowest BCUT2D eigenvalue weighted by atomic mass is 10.3. The normalized spacial score (nSPS) is 17.9. The summed E-state index contributed by atoms with van der Waals surface area (Å²) in [5.74, 6) is 0.540. The van der Waals surface area contributed by atoms with E-state index in [1.54, 1.807) is 19.9 Å². The lowest BCUT2D eigenvalue weighted by molar-refractivity contribution is 0.0358. The van der Waals surface area contributed by atoms with E-state index in [-0.39, 0.29) is 18.2 Å². The molecule has 160 valence electrons. The first-order valence-corrected chi connectivity index (χ1v) is 12.9. The second kappa shape index (κ2) is 11.2. The summed E-state index contributed by atoms with van der Waals surface area (Å²) in [4.78, 5) is 6.41. The first-order chi connectivity index (χ1) is 13.4. The Labute approximate surface area is 167 Å². The van der Waals surface area contributed by atoms with Gasteiger partial charge in [-0.1, -0.05) is 0 Å². The van der Waals surface area contributed by atoms with Crippen LogP contribution in [0, 0.1) is 4.78 Å². The van der Waals surface area contributed by atoms with Gasteiger partial charge >= 0.3 is 7.60 Å². The molecular formula is C17H30N3O6PS. The van der Waals surface area contributed by atoms with E-state index in [0.717, 1.165) is 39.3 Å². The largest absolute Gasteiger partial charge is 0.492 e. The van der Waals surface area contributed by atoms with E-state index in [1.165, 1.54) is 12.3 Å². The number of hydrogen-bond donors (Lipinski definition) is 1. The molecule has 11 heteroatoms. The Morgan fingerprint density at radius 2 is 1.93 bits per heavy atom. The molecule has 1 aliphatic rings. The maximum Gasteiger partial charge on any atom is 0.344 e. The van der Waals surface area contributed by atoms with Crippen LogP contribution in [0.25, 0.3) is 0 Å². The molecule has 1 fully saturated rings. The highest BCUT2D eigenvalue weighted by Crippen LogP contribution is 2.50. The molecule has 0 aromatic carbocycles. The van der Waals surface area contributed by atoms with Crippen LogP contribution in [-0.2, 0) is 28.1 Å². The molecule has 0 aliphatic carbocycles. The highest BCUT2D eigenvalue weighted by atomic mass is 32.2. The molecule has 0 radical (unpaired) electrons. The molecule has 1 aliphatic heterocycles. The van der Waals surface area contributed by atoms with Crippen molar-refractivity contribution in [3.8, 4) is 5.75 Å². The number of nitrogens with zero attached hydrogens (tertiary/aromatic N) is 2. The molecule has 1 unspecified atom stereocenters. The molecule has 2 rings (SSSR count). The standard InChI is InChI=1S/C17H30N3O6PS/c1-3-25-27(21,26-4-2)15-28(18,22)17-7-6-16(14-19-17)24-11-5-8-20-9-12-23-13-10-20/h6-7,14,18H,3-5,8-13,15H2,1-2H3. The van der Waals surface area contributed by atoms with Crippen molar-refractivity contribution in [2.75, 3.05) is 58.2 Å². The fourth-order valence-electron chi connectivity index (χ4n) is 2.74. The van der Waals surface area contributed by atoms with Gasteiger partial charge in [-0.3, -0.25) is 9.46 Å². The third-order valence-electron chi connectivity index (χ3n) is 4.03. The van der Waals surface area contributed by atoms with E-state index < -0.39 is 22.8 Å². The molecule has 1 aromatic rings. The zero-order valence-electron chi connectivity index (χ0n) is 16.5. The summed E-state index contributed by atoms with van der Waals surface area (Å²) in [6.07, 6.45) is 2.31. The monoisotopic (exact) mass is 435 g/mol. The van der Waals surface area contributed by atoms with Gasteiger partial charge in [0.25, 0.3) is 0 Å². The predicted molar refractivity (Wildman–Crippen MR) is 106 cm³/mol. The summed E-state index contributed by atoms with van der Waals surface area (Å²) >= 11 is 0. The Balaban J connectivity index is 1.86. The van der Waals surface area contributed by atoms with E-state index in [0.29, 0.717) is 12.4 Å². The summed E-state index contributed by atoms with van der Waals surface area (Å²) in [6, 6.07) is 3.09. The van der Waals surface area contributed by atoms with Crippen LogP contribution in [0.1, 0.15) is 20.3 Å². The molecule has 0 spiro atoms. The molecule has 0 saturated carbocycles. The summed E-state index contributed by atoms with van der Waals surface area (Å²) in [5.41, 5.74) is -0.519. The molecule has 0 amide bonds. The molecule has 1 aromatic heterocycles. The van der Waals surface area contributed by atoms with Crippen molar-refractivity contribution in [1.82, 2.24) is 9.88 Å². The van der Waals surface area contributed by atoms with Gasteiger partial charge in [0.15, 0.2) is 0 Å². The van der Waals surface area contributed by atoms with Crippen molar-refractivity contribution in [2.24, 2.45) is 0 Å². The minimum absolute atomic E-state index is 0.0350. The van der Waals surface area contributed by atoms with Crippen LogP contribution in [0.3, 0.4) is 0 Å². The van der Waals surface area contributed by atoms with Crippen LogP contribution >= 0.6 is 7.60 Å². The Morgan fingerprint density at radius 3 is 2.50 bits per heavy atom. The minimum Gasteiger partial charge on any atom is -0.492 e. The second-order valence-electron chi connectivity index (χ2n) is 6.24. The fraction of sp³-hybridized carbons (Fsp3) is 0.706.